The normalized spacial score (nSPS) is 11.0. The molecule has 162 valence electrons. The van der Waals surface area contributed by atoms with Crippen LogP contribution in [0.2, 0.25) is 5.02 Å². The average molecular weight is 460 g/mol. The van der Waals surface area contributed by atoms with E-state index in [1.54, 1.807) is 49.5 Å². The first kappa shape index (κ1) is 22.6. The highest BCUT2D eigenvalue weighted by molar-refractivity contribution is 7.92. The first-order chi connectivity index (χ1) is 14.9. The van der Waals surface area contributed by atoms with Crippen LogP contribution in [0.25, 0.3) is 0 Å². The van der Waals surface area contributed by atoms with Crippen molar-refractivity contribution in [3.63, 3.8) is 0 Å². The number of aromatic nitrogens is 1. The second-order valence-electron chi connectivity index (χ2n) is 6.46. The molecule has 0 fully saturated rings. The summed E-state index contributed by atoms with van der Waals surface area (Å²) in [4.78, 5) is 16.9. The topological polar surface area (TPSA) is 88.6 Å². The Morgan fingerprint density at radius 1 is 1.06 bits per heavy atom. The van der Waals surface area contributed by atoms with Crippen molar-refractivity contribution in [3.05, 3.63) is 83.6 Å². The van der Waals surface area contributed by atoms with E-state index in [-0.39, 0.29) is 17.1 Å². The van der Waals surface area contributed by atoms with Crippen LogP contribution in [0.5, 0.6) is 5.75 Å². The minimum atomic E-state index is -4.07. The highest BCUT2D eigenvalue weighted by Gasteiger charge is 2.29. The SMILES string of the molecule is CCOc1ccccc1N(CC(=O)NCc1ccccn1)S(=O)(=O)c1ccc(Cl)cc1. The van der Waals surface area contributed by atoms with Gasteiger partial charge in [0, 0.05) is 11.2 Å². The number of halogens is 1. The van der Waals surface area contributed by atoms with E-state index in [2.05, 4.69) is 10.3 Å². The van der Waals surface area contributed by atoms with E-state index in [0.29, 0.717) is 23.1 Å². The van der Waals surface area contributed by atoms with Crippen LogP contribution in [0, 0.1) is 0 Å². The summed E-state index contributed by atoms with van der Waals surface area (Å²) in [5, 5.41) is 3.12. The van der Waals surface area contributed by atoms with Gasteiger partial charge >= 0.3 is 0 Å². The number of hydrogen-bond donors (Lipinski definition) is 1. The summed E-state index contributed by atoms with van der Waals surface area (Å²) in [7, 11) is -4.07. The highest BCUT2D eigenvalue weighted by atomic mass is 35.5. The summed E-state index contributed by atoms with van der Waals surface area (Å²) in [6, 6.07) is 17.8. The Bertz CT molecular complexity index is 1120. The average Bonchev–Trinajstić information content (AvgIpc) is 2.78. The van der Waals surface area contributed by atoms with E-state index < -0.39 is 22.5 Å². The van der Waals surface area contributed by atoms with Crippen molar-refractivity contribution >= 4 is 33.2 Å². The monoisotopic (exact) mass is 459 g/mol. The summed E-state index contributed by atoms with van der Waals surface area (Å²) in [6.45, 7) is 1.90. The quantitative estimate of drug-likeness (QED) is 0.527. The van der Waals surface area contributed by atoms with Crippen LogP contribution in [0.1, 0.15) is 12.6 Å². The number of hydrogen-bond acceptors (Lipinski definition) is 5. The number of rotatable bonds is 9. The largest absolute Gasteiger partial charge is 0.492 e. The van der Waals surface area contributed by atoms with Gasteiger partial charge in [-0.3, -0.25) is 14.1 Å². The number of benzene rings is 2. The lowest BCUT2D eigenvalue weighted by atomic mass is 10.3. The number of carbonyl (C=O) groups excluding carboxylic acids is 1. The lowest BCUT2D eigenvalue weighted by Crippen LogP contribution is -2.41. The van der Waals surface area contributed by atoms with Crippen molar-refractivity contribution < 1.29 is 17.9 Å². The molecule has 3 aromatic rings. The van der Waals surface area contributed by atoms with Gasteiger partial charge in [-0.15, -0.1) is 0 Å². The van der Waals surface area contributed by atoms with E-state index in [1.165, 1.54) is 24.3 Å². The summed E-state index contributed by atoms with van der Waals surface area (Å²) in [6.07, 6.45) is 1.62. The molecule has 1 N–H and O–H groups in total. The van der Waals surface area contributed by atoms with Crippen molar-refractivity contribution in [2.75, 3.05) is 17.5 Å². The van der Waals surface area contributed by atoms with E-state index in [0.717, 1.165) is 4.31 Å². The number of anilines is 1. The molecule has 2 aromatic carbocycles. The number of sulfonamides is 1. The van der Waals surface area contributed by atoms with Gasteiger partial charge in [-0.05, 0) is 55.5 Å². The molecule has 1 aromatic heterocycles. The Hall–Kier alpha value is -3.10. The van der Waals surface area contributed by atoms with Gasteiger partial charge in [-0.1, -0.05) is 29.8 Å². The lowest BCUT2D eigenvalue weighted by molar-refractivity contribution is -0.119. The first-order valence-corrected chi connectivity index (χ1v) is 11.4. The smallest absolute Gasteiger partial charge is 0.264 e. The van der Waals surface area contributed by atoms with Gasteiger partial charge in [-0.2, -0.15) is 0 Å². The van der Waals surface area contributed by atoms with Crippen LogP contribution in [-0.4, -0.2) is 32.5 Å². The van der Waals surface area contributed by atoms with Crippen LogP contribution in [0.15, 0.2) is 77.8 Å². The highest BCUT2D eigenvalue weighted by Crippen LogP contribution is 2.32. The van der Waals surface area contributed by atoms with Gasteiger partial charge < -0.3 is 10.1 Å². The van der Waals surface area contributed by atoms with Crippen LogP contribution in [-0.2, 0) is 21.4 Å². The standard InChI is InChI=1S/C22H22ClN3O4S/c1-2-30-21-9-4-3-8-20(21)26(31(28,29)19-12-10-17(23)11-13-19)16-22(27)25-15-18-7-5-6-14-24-18/h3-14H,2,15-16H2,1H3,(H,25,27). The van der Waals surface area contributed by atoms with Gasteiger partial charge in [0.2, 0.25) is 5.91 Å². The molecule has 0 aliphatic heterocycles. The predicted molar refractivity (Wildman–Crippen MR) is 120 cm³/mol. The molecule has 0 aliphatic rings. The van der Waals surface area contributed by atoms with Crippen molar-refractivity contribution in [3.8, 4) is 5.75 Å². The fourth-order valence-corrected chi connectivity index (χ4v) is 4.41. The van der Waals surface area contributed by atoms with Crippen LogP contribution in [0.4, 0.5) is 5.69 Å². The number of amides is 1. The van der Waals surface area contributed by atoms with Crippen LogP contribution in [0.3, 0.4) is 0 Å². The van der Waals surface area contributed by atoms with Gasteiger partial charge in [0.25, 0.3) is 10.0 Å². The predicted octanol–water partition coefficient (Wildman–Crippen LogP) is 3.65. The minimum Gasteiger partial charge on any atom is -0.492 e. The molecule has 0 unspecified atom stereocenters. The summed E-state index contributed by atoms with van der Waals surface area (Å²) < 4.78 is 33.5. The molecule has 0 atom stereocenters. The molecular formula is C22H22ClN3O4S. The van der Waals surface area contributed by atoms with E-state index in [1.807, 2.05) is 6.07 Å². The molecule has 7 nitrogen and oxygen atoms in total. The molecule has 3 rings (SSSR count). The maximum atomic E-state index is 13.4. The van der Waals surface area contributed by atoms with Crippen LogP contribution < -0.4 is 14.4 Å². The number of ether oxygens (including phenoxy) is 1. The molecule has 0 saturated heterocycles. The fourth-order valence-electron chi connectivity index (χ4n) is 2.85. The Labute approximate surface area is 186 Å². The molecule has 0 aliphatic carbocycles. The fraction of sp³-hybridized carbons (Fsp3) is 0.182. The minimum absolute atomic E-state index is 0.0146. The van der Waals surface area contributed by atoms with Crippen LogP contribution >= 0.6 is 11.6 Å². The third kappa shape index (κ3) is 5.74. The second-order valence-corrected chi connectivity index (χ2v) is 8.76. The molecule has 0 radical (unpaired) electrons. The number of carbonyl (C=O) groups is 1. The van der Waals surface area contributed by atoms with E-state index in [4.69, 9.17) is 16.3 Å². The van der Waals surface area contributed by atoms with Crippen molar-refractivity contribution in [2.45, 2.75) is 18.4 Å². The van der Waals surface area contributed by atoms with E-state index >= 15 is 0 Å². The summed E-state index contributed by atoms with van der Waals surface area (Å²) in [5.74, 6) is -0.116. The third-order valence-electron chi connectivity index (χ3n) is 4.32. The number of para-hydroxylation sites is 2. The Morgan fingerprint density at radius 3 is 2.45 bits per heavy atom. The van der Waals surface area contributed by atoms with Gasteiger partial charge in [0.15, 0.2) is 0 Å². The van der Waals surface area contributed by atoms with Crippen molar-refractivity contribution in [2.24, 2.45) is 0 Å². The number of nitrogens with one attached hydrogen (secondary N) is 1. The Kier molecular flexibility index (Phi) is 7.49. The van der Waals surface area contributed by atoms with Crippen molar-refractivity contribution in [1.29, 1.82) is 0 Å². The molecule has 1 amide bonds. The Balaban J connectivity index is 1.93. The van der Waals surface area contributed by atoms with Crippen molar-refractivity contribution in [1.82, 2.24) is 10.3 Å². The number of nitrogens with zero attached hydrogens (tertiary/aromatic N) is 2. The zero-order chi connectivity index (χ0) is 22.3. The van der Waals surface area contributed by atoms with Gasteiger partial charge in [-0.25, -0.2) is 8.42 Å². The zero-order valence-electron chi connectivity index (χ0n) is 16.9. The zero-order valence-corrected chi connectivity index (χ0v) is 18.4. The molecule has 9 heteroatoms. The molecule has 0 bridgehead atoms. The molecule has 31 heavy (non-hydrogen) atoms. The maximum absolute atomic E-state index is 13.4. The summed E-state index contributed by atoms with van der Waals surface area (Å²) >= 11 is 5.91. The molecule has 0 saturated carbocycles. The van der Waals surface area contributed by atoms with Gasteiger partial charge in [0.05, 0.1) is 29.4 Å². The molecular weight excluding hydrogens is 438 g/mol. The Morgan fingerprint density at radius 2 is 1.77 bits per heavy atom. The maximum Gasteiger partial charge on any atom is 0.264 e. The number of pyridine rings is 1. The first-order valence-electron chi connectivity index (χ1n) is 9.58. The third-order valence-corrected chi connectivity index (χ3v) is 6.34. The second kappa shape index (κ2) is 10.3. The molecule has 1 heterocycles. The summed E-state index contributed by atoms with van der Waals surface area (Å²) in [5.41, 5.74) is 0.935. The van der Waals surface area contributed by atoms with Gasteiger partial charge in [0.1, 0.15) is 12.3 Å². The van der Waals surface area contributed by atoms with E-state index in [9.17, 15) is 13.2 Å². The molecule has 0 spiro atoms. The lowest BCUT2D eigenvalue weighted by Gasteiger charge is -2.26.